The van der Waals surface area contributed by atoms with Crippen LogP contribution in [0, 0.1) is 0 Å². The van der Waals surface area contributed by atoms with Crippen LogP contribution in [0.25, 0.3) is 0 Å². The minimum absolute atomic E-state index is 0.159. The van der Waals surface area contributed by atoms with Crippen molar-refractivity contribution in [3.63, 3.8) is 0 Å². The highest BCUT2D eigenvalue weighted by Crippen LogP contribution is 2.20. The Kier molecular flexibility index (Phi) is 7.72. The van der Waals surface area contributed by atoms with Gasteiger partial charge < -0.3 is 19.5 Å². The maximum Gasteiger partial charge on any atom is 0.258 e. The maximum absolute atomic E-state index is 12.0. The van der Waals surface area contributed by atoms with Crippen LogP contribution in [-0.4, -0.2) is 54.0 Å². The smallest absolute Gasteiger partial charge is 0.258 e. The van der Waals surface area contributed by atoms with Gasteiger partial charge in [0.15, 0.2) is 6.61 Å². The highest BCUT2D eigenvalue weighted by atomic mass is 32.2. The van der Waals surface area contributed by atoms with Gasteiger partial charge in [0.05, 0.1) is 25.1 Å². The van der Waals surface area contributed by atoms with E-state index in [9.17, 15) is 13.2 Å². The summed E-state index contributed by atoms with van der Waals surface area (Å²) >= 11 is 0. The van der Waals surface area contributed by atoms with Gasteiger partial charge in [0, 0.05) is 7.05 Å². The van der Waals surface area contributed by atoms with Gasteiger partial charge in [-0.15, -0.1) is 0 Å². The summed E-state index contributed by atoms with van der Waals surface area (Å²) in [6.45, 7) is 1.98. The topological polar surface area (TPSA) is 94.2 Å². The molecule has 0 saturated heterocycles. The third-order valence-electron chi connectivity index (χ3n) is 4.03. The Bertz CT molecular complexity index is 898. The fourth-order valence-electron chi connectivity index (χ4n) is 2.34. The van der Waals surface area contributed by atoms with Gasteiger partial charge in [-0.25, -0.2) is 8.42 Å². The number of sulfonamides is 1. The maximum atomic E-state index is 12.0. The van der Waals surface area contributed by atoms with Gasteiger partial charge in [-0.05, 0) is 55.5 Å². The van der Waals surface area contributed by atoms with Crippen molar-refractivity contribution < 1.29 is 27.4 Å². The van der Waals surface area contributed by atoms with Crippen LogP contribution >= 0.6 is 0 Å². The highest BCUT2D eigenvalue weighted by molar-refractivity contribution is 7.92. The number of carbonyl (C=O) groups excluding carboxylic acids is 1. The molecule has 8 nitrogen and oxygen atoms in total. The van der Waals surface area contributed by atoms with Crippen molar-refractivity contribution in [2.24, 2.45) is 0 Å². The van der Waals surface area contributed by atoms with Gasteiger partial charge in [0.2, 0.25) is 10.0 Å². The molecule has 2 aromatic carbocycles. The van der Waals surface area contributed by atoms with E-state index < -0.39 is 10.0 Å². The molecule has 0 bridgehead atoms. The number of hydrogen-bond acceptors (Lipinski definition) is 6. The molecule has 2 rings (SSSR count). The van der Waals surface area contributed by atoms with Gasteiger partial charge in [0.1, 0.15) is 23.9 Å². The second-order valence-electron chi connectivity index (χ2n) is 6.47. The first-order chi connectivity index (χ1) is 13.7. The molecular formula is C20H26N2O6S. The lowest BCUT2D eigenvalue weighted by Gasteiger charge is -2.17. The number of nitrogens with one attached hydrogen (secondary N) is 1. The molecule has 0 fully saturated rings. The number of amides is 1. The van der Waals surface area contributed by atoms with Gasteiger partial charge in [-0.2, -0.15) is 0 Å². The molecule has 0 spiro atoms. The van der Waals surface area contributed by atoms with Crippen molar-refractivity contribution in [3.05, 3.63) is 48.5 Å². The van der Waals surface area contributed by atoms with E-state index in [4.69, 9.17) is 14.2 Å². The molecule has 0 aromatic heterocycles. The zero-order valence-corrected chi connectivity index (χ0v) is 17.7. The first kappa shape index (κ1) is 22.4. The summed E-state index contributed by atoms with van der Waals surface area (Å²) in [5, 5.41) is 2.79. The molecule has 9 heteroatoms. The Morgan fingerprint density at radius 1 is 1.00 bits per heavy atom. The lowest BCUT2D eigenvalue weighted by atomic mass is 10.3. The van der Waals surface area contributed by atoms with Crippen LogP contribution in [0.2, 0.25) is 0 Å². The fourth-order valence-corrected chi connectivity index (χ4v) is 2.85. The van der Waals surface area contributed by atoms with E-state index in [0.29, 0.717) is 23.8 Å². The molecule has 1 N–H and O–H groups in total. The summed E-state index contributed by atoms with van der Waals surface area (Å²) in [6, 6.07) is 13.4. The second-order valence-corrected chi connectivity index (χ2v) is 8.48. The molecule has 0 aliphatic rings. The summed E-state index contributed by atoms with van der Waals surface area (Å²) in [6.07, 6.45) is 1.13. The molecule has 0 radical (unpaired) electrons. The van der Waals surface area contributed by atoms with Gasteiger partial charge in [0.25, 0.3) is 5.91 Å². The SMILES string of the molecule is COc1ccc(OC[C@@H](C)NC(=O)COc2ccc(N(C)S(C)(=O)=O)cc2)cc1. The Morgan fingerprint density at radius 2 is 1.52 bits per heavy atom. The van der Waals surface area contributed by atoms with Crippen molar-refractivity contribution >= 4 is 21.6 Å². The first-order valence-corrected chi connectivity index (χ1v) is 10.8. The van der Waals surface area contributed by atoms with Crippen molar-refractivity contribution in [1.29, 1.82) is 0 Å². The Balaban J connectivity index is 1.75. The van der Waals surface area contributed by atoms with Crippen LogP contribution in [0.4, 0.5) is 5.69 Å². The Labute approximate surface area is 171 Å². The molecule has 0 unspecified atom stereocenters. The van der Waals surface area contributed by atoms with Gasteiger partial charge >= 0.3 is 0 Å². The summed E-state index contributed by atoms with van der Waals surface area (Å²) < 4.78 is 40.4. The Morgan fingerprint density at radius 3 is 2.07 bits per heavy atom. The average molecular weight is 423 g/mol. The van der Waals surface area contributed by atoms with E-state index in [0.717, 1.165) is 16.3 Å². The number of hydrogen-bond donors (Lipinski definition) is 1. The lowest BCUT2D eigenvalue weighted by Crippen LogP contribution is -2.39. The average Bonchev–Trinajstić information content (AvgIpc) is 2.70. The predicted molar refractivity (Wildman–Crippen MR) is 111 cm³/mol. The van der Waals surface area contributed by atoms with Crippen LogP contribution in [0.1, 0.15) is 6.92 Å². The summed E-state index contributed by atoms with van der Waals surface area (Å²) in [5.41, 5.74) is 0.508. The third-order valence-corrected chi connectivity index (χ3v) is 5.24. The first-order valence-electron chi connectivity index (χ1n) is 8.92. The van der Waals surface area contributed by atoms with Crippen molar-refractivity contribution in [3.8, 4) is 17.2 Å². The van der Waals surface area contributed by atoms with E-state index in [1.807, 2.05) is 6.92 Å². The minimum atomic E-state index is -3.33. The number of ether oxygens (including phenoxy) is 3. The zero-order valence-electron chi connectivity index (χ0n) is 16.9. The summed E-state index contributed by atoms with van der Waals surface area (Å²) in [7, 11) is -0.265. The normalized spacial score (nSPS) is 12.0. The fraction of sp³-hybridized carbons (Fsp3) is 0.350. The molecule has 29 heavy (non-hydrogen) atoms. The van der Waals surface area contributed by atoms with Crippen molar-refractivity contribution in [2.75, 3.05) is 37.9 Å². The lowest BCUT2D eigenvalue weighted by molar-refractivity contribution is -0.123. The standard InChI is InChI=1S/C20H26N2O6S/c1-15(13-27-19-11-9-17(26-3)10-12-19)21-20(23)14-28-18-7-5-16(6-8-18)22(2)29(4,24)25/h5-12,15H,13-14H2,1-4H3,(H,21,23)/t15-/m1/s1. The molecule has 158 valence electrons. The molecule has 0 aliphatic heterocycles. The van der Waals surface area contributed by atoms with E-state index in [-0.39, 0.29) is 18.6 Å². The van der Waals surface area contributed by atoms with E-state index in [1.165, 1.54) is 7.05 Å². The third kappa shape index (κ3) is 7.19. The molecule has 0 heterocycles. The van der Waals surface area contributed by atoms with Crippen molar-refractivity contribution in [1.82, 2.24) is 5.32 Å². The van der Waals surface area contributed by atoms with E-state index >= 15 is 0 Å². The van der Waals surface area contributed by atoms with E-state index in [2.05, 4.69) is 5.32 Å². The molecule has 0 saturated carbocycles. The quantitative estimate of drug-likeness (QED) is 0.630. The predicted octanol–water partition coefficient (Wildman–Crippen LogP) is 2.05. The van der Waals surface area contributed by atoms with Gasteiger partial charge in [-0.3, -0.25) is 9.10 Å². The minimum Gasteiger partial charge on any atom is -0.497 e. The van der Waals surface area contributed by atoms with E-state index in [1.54, 1.807) is 55.6 Å². The summed E-state index contributed by atoms with van der Waals surface area (Å²) in [5.74, 6) is 1.61. The molecule has 0 aliphatic carbocycles. The number of nitrogens with zero attached hydrogens (tertiary/aromatic N) is 1. The van der Waals surface area contributed by atoms with Gasteiger partial charge in [-0.1, -0.05) is 0 Å². The zero-order chi connectivity index (χ0) is 21.4. The molecular weight excluding hydrogens is 396 g/mol. The van der Waals surface area contributed by atoms with Crippen LogP contribution in [0.15, 0.2) is 48.5 Å². The monoisotopic (exact) mass is 422 g/mol. The number of methoxy groups -OCH3 is 1. The van der Waals surface area contributed by atoms with Crippen molar-refractivity contribution in [2.45, 2.75) is 13.0 Å². The number of benzene rings is 2. The van der Waals surface area contributed by atoms with Crippen LogP contribution in [0.3, 0.4) is 0 Å². The molecule has 1 amide bonds. The number of anilines is 1. The molecule has 2 aromatic rings. The van der Waals surface area contributed by atoms with Crippen LogP contribution in [0.5, 0.6) is 17.2 Å². The number of carbonyl (C=O) groups is 1. The largest absolute Gasteiger partial charge is 0.497 e. The summed E-state index contributed by atoms with van der Waals surface area (Å²) in [4.78, 5) is 12.0. The van der Waals surface area contributed by atoms with Crippen LogP contribution in [-0.2, 0) is 14.8 Å². The Hall–Kier alpha value is -2.94. The number of rotatable bonds is 10. The second kappa shape index (κ2) is 10.0. The highest BCUT2D eigenvalue weighted by Gasteiger charge is 2.12. The molecule has 1 atom stereocenters. The van der Waals surface area contributed by atoms with Crippen LogP contribution < -0.4 is 23.8 Å².